The molecule has 0 aliphatic heterocycles. The minimum Gasteiger partial charge on any atom is -0.496 e. The highest BCUT2D eigenvalue weighted by Gasteiger charge is 2.14. The molecule has 19 heavy (non-hydrogen) atoms. The monoisotopic (exact) mass is 258 g/mol. The molecule has 2 aromatic rings. The summed E-state index contributed by atoms with van der Waals surface area (Å²) in [7, 11) is 3.31. The normalized spacial score (nSPS) is 10.4. The molecule has 100 valence electrons. The Bertz CT molecular complexity index is 589. The van der Waals surface area contributed by atoms with Gasteiger partial charge in [-0.25, -0.2) is 9.97 Å². The number of rotatable bonds is 3. The molecular weight excluding hydrogens is 240 g/mol. The van der Waals surface area contributed by atoms with Gasteiger partial charge in [-0.3, -0.25) is 0 Å². The molecule has 0 aliphatic carbocycles. The Hall–Kier alpha value is -2.10. The van der Waals surface area contributed by atoms with E-state index in [0.29, 0.717) is 0 Å². The molecule has 0 fully saturated rings. The maximum Gasteiger partial charge on any atom is 0.134 e. The summed E-state index contributed by atoms with van der Waals surface area (Å²) in [5, 5.41) is 0. The van der Waals surface area contributed by atoms with Gasteiger partial charge in [0.1, 0.15) is 17.3 Å². The van der Waals surface area contributed by atoms with Crippen molar-refractivity contribution >= 4 is 0 Å². The van der Waals surface area contributed by atoms with Crippen LogP contribution in [0.5, 0.6) is 11.5 Å². The topological polar surface area (TPSA) is 44.2 Å². The van der Waals surface area contributed by atoms with Crippen LogP contribution in [-0.4, -0.2) is 24.2 Å². The third-order valence-corrected chi connectivity index (χ3v) is 3.02. The van der Waals surface area contributed by atoms with E-state index in [1.165, 1.54) is 0 Å². The maximum atomic E-state index is 5.51. The van der Waals surface area contributed by atoms with Crippen molar-refractivity contribution in [2.24, 2.45) is 0 Å². The first-order chi connectivity index (χ1) is 9.06. The number of aromatic nitrogens is 2. The van der Waals surface area contributed by atoms with E-state index in [2.05, 4.69) is 9.97 Å². The van der Waals surface area contributed by atoms with Crippen LogP contribution in [0.15, 0.2) is 18.2 Å². The minimum atomic E-state index is 0.755. The van der Waals surface area contributed by atoms with Gasteiger partial charge in [-0.2, -0.15) is 0 Å². The zero-order valence-corrected chi connectivity index (χ0v) is 11.9. The van der Waals surface area contributed by atoms with Crippen LogP contribution in [0.2, 0.25) is 0 Å². The molecule has 0 N–H and O–H groups in total. The van der Waals surface area contributed by atoms with Crippen molar-refractivity contribution in [3.05, 3.63) is 35.3 Å². The van der Waals surface area contributed by atoms with Gasteiger partial charge in [-0.05, 0) is 39.0 Å². The summed E-state index contributed by atoms with van der Waals surface area (Å²) in [5.41, 5.74) is 3.73. The largest absolute Gasteiger partial charge is 0.496 e. The summed E-state index contributed by atoms with van der Waals surface area (Å²) >= 11 is 0. The minimum absolute atomic E-state index is 0.755. The summed E-state index contributed by atoms with van der Waals surface area (Å²) < 4.78 is 10.8. The summed E-state index contributed by atoms with van der Waals surface area (Å²) in [4.78, 5) is 8.77. The van der Waals surface area contributed by atoms with Gasteiger partial charge in [0.05, 0.1) is 19.9 Å². The number of nitrogens with zero attached hydrogens (tertiary/aromatic N) is 2. The van der Waals surface area contributed by atoms with Gasteiger partial charge in [0.15, 0.2) is 0 Å². The van der Waals surface area contributed by atoms with Gasteiger partial charge in [0.2, 0.25) is 0 Å². The quantitative estimate of drug-likeness (QED) is 0.848. The van der Waals surface area contributed by atoms with E-state index in [-0.39, 0.29) is 0 Å². The lowest BCUT2D eigenvalue weighted by Crippen LogP contribution is -1.98. The standard InChI is InChI=1S/C15H18N2O2/c1-9-8-13(17-11(3)16-9)12-6-7-14(18-4)10(2)15(12)19-5/h6-8H,1-5H3. The molecule has 4 heteroatoms. The predicted octanol–water partition coefficient (Wildman–Crippen LogP) is 3.09. The van der Waals surface area contributed by atoms with Crippen LogP contribution in [-0.2, 0) is 0 Å². The second-order valence-corrected chi connectivity index (χ2v) is 4.42. The number of hydrogen-bond donors (Lipinski definition) is 0. The predicted molar refractivity (Wildman–Crippen MR) is 74.8 cm³/mol. The van der Waals surface area contributed by atoms with Gasteiger partial charge in [-0.15, -0.1) is 0 Å². The number of hydrogen-bond acceptors (Lipinski definition) is 4. The van der Waals surface area contributed by atoms with Crippen molar-refractivity contribution in [3.8, 4) is 22.8 Å². The van der Waals surface area contributed by atoms with E-state index in [9.17, 15) is 0 Å². The van der Waals surface area contributed by atoms with Crippen LogP contribution in [0.25, 0.3) is 11.3 Å². The number of aryl methyl sites for hydroxylation is 2. The van der Waals surface area contributed by atoms with Crippen molar-refractivity contribution in [1.82, 2.24) is 9.97 Å². The van der Waals surface area contributed by atoms with Crippen molar-refractivity contribution in [1.29, 1.82) is 0 Å². The second-order valence-electron chi connectivity index (χ2n) is 4.42. The highest BCUT2D eigenvalue weighted by Crippen LogP contribution is 2.37. The van der Waals surface area contributed by atoms with Crippen molar-refractivity contribution in [3.63, 3.8) is 0 Å². The van der Waals surface area contributed by atoms with Crippen molar-refractivity contribution < 1.29 is 9.47 Å². The SMILES string of the molecule is COc1ccc(-c2cc(C)nc(C)n2)c(OC)c1C. The zero-order valence-electron chi connectivity index (χ0n) is 11.9. The fraction of sp³-hybridized carbons (Fsp3) is 0.333. The van der Waals surface area contributed by atoms with Crippen molar-refractivity contribution in [2.45, 2.75) is 20.8 Å². The number of ether oxygens (including phenoxy) is 2. The van der Waals surface area contributed by atoms with E-state index in [1.54, 1.807) is 14.2 Å². The van der Waals surface area contributed by atoms with Gasteiger partial charge >= 0.3 is 0 Å². The summed E-state index contributed by atoms with van der Waals surface area (Å²) in [6.45, 7) is 5.82. The Kier molecular flexibility index (Phi) is 3.69. The molecule has 0 atom stereocenters. The molecule has 4 nitrogen and oxygen atoms in total. The first-order valence-corrected chi connectivity index (χ1v) is 6.11. The average Bonchev–Trinajstić information content (AvgIpc) is 2.37. The molecule has 2 rings (SSSR count). The van der Waals surface area contributed by atoms with Crippen LogP contribution in [0, 0.1) is 20.8 Å². The Balaban J connectivity index is 2.65. The second kappa shape index (κ2) is 5.26. The first-order valence-electron chi connectivity index (χ1n) is 6.11. The molecule has 0 bridgehead atoms. The van der Waals surface area contributed by atoms with E-state index in [0.717, 1.165) is 39.8 Å². The van der Waals surface area contributed by atoms with Gasteiger partial charge in [0.25, 0.3) is 0 Å². The fourth-order valence-corrected chi connectivity index (χ4v) is 2.21. The van der Waals surface area contributed by atoms with Gasteiger partial charge in [-0.1, -0.05) is 0 Å². The summed E-state index contributed by atoms with van der Waals surface area (Å²) in [5.74, 6) is 2.35. The Labute approximate surface area is 113 Å². The third-order valence-electron chi connectivity index (χ3n) is 3.02. The molecule has 0 amide bonds. The third kappa shape index (κ3) is 2.52. The Morgan fingerprint density at radius 3 is 2.26 bits per heavy atom. The number of methoxy groups -OCH3 is 2. The van der Waals surface area contributed by atoms with Crippen LogP contribution in [0.3, 0.4) is 0 Å². The van der Waals surface area contributed by atoms with E-state index >= 15 is 0 Å². The molecule has 1 heterocycles. The molecule has 1 aromatic heterocycles. The van der Waals surface area contributed by atoms with E-state index in [4.69, 9.17) is 9.47 Å². The maximum absolute atomic E-state index is 5.51. The highest BCUT2D eigenvalue weighted by atomic mass is 16.5. The summed E-state index contributed by atoms with van der Waals surface area (Å²) in [6, 6.07) is 5.85. The lowest BCUT2D eigenvalue weighted by molar-refractivity contribution is 0.390. The average molecular weight is 258 g/mol. The first kappa shape index (κ1) is 13.3. The Morgan fingerprint density at radius 1 is 0.947 bits per heavy atom. The lowest BCUT2D eigenvalue weighted by Gasteiger charge is -2.14. The van der Waals surface area contributed by atoms with E-state index in [1.807, 2.05) is 39.0 Å². The van der Waals surface area contributed by atoms with Crippen LogP contribution in [0.1, 0.15) is 17.1 Å². The molecular formula is C15H18N2O2. The highest BCUT2D eigenvalue weighted by molar-refractivity contribution is 5.71. The van der Waals surface area contributed by atoms with Crippen LogP contribution in [0.4, 0.5) is 0 Å². The number of benzene rings is 1. The molecule has 1 aromatic carbocycles. The Morgan fingerprint density at radius 2 is 1.68 bits per heavy atom. The van der Waals surface area contributed by atoms with Crippen molar-refractivity contribution in [2.75, 3.05) is 14.2 Å². The lowest BCUT2D eigenvalue weighted by atomic mass is 10.0. The fourth-order valence-electron chi connectivity index (χ4n) is 2.21. The van der Waals surface area contributed by atoms with Crippen LogP contribution < -0.4 is 9.47 Å². The summed E-state index contributed by atoms with van der Waals surface area (Å²) in [6.07, 6.45) is 0. The van der Waals surface area contributed by atoms with E-state index < -0.39 is 0 Å². The molecule has 0 unspecified atom stereocenters. The van der Waals surface area contributed by atoms with Gasteiger partial charge < -0.3 is 9.47 Å². The molecule has 0 radical (unpaired) electrons. The molecule has 0 saturated carbocycles. The van der Waals surface area contributed by atoms with Crippen LogP contribution >= 0.6 is 0 Å². The smallest absolute Gasteiger partial charge is 0.134 e. The molecule has 0 saturated heterocycles. The van der Waals surface area contributed by atoms with Gasteiger partial charge in [0, 0.05) is 16.8 Å². The zero-order chi connectivity index (χ0) is 14.0. The molecule has 0 aliphatic rings. The molecule has 0 spiro atoms.